The van der Waals surface area contributed by atoms with Crippen molar-refractivity contribution < 1.29 is 9.90 Å². The lowest BCUT2D eigenvalue weighted by Crippen LogP contribution is -2.13. The van der Waals surface area contributed by atoms with Crippen LogP contribution in [-0.4, -0.2) is 32.8 Å². The second-order valence-electron chi connectivity index (χ2n) is 4.66. The molecule has 0 radical (unpaired) electrons. The average molecular weight is 291 g/mol. The number of para-hydroxylation sites is 2. The zero-order valence-electron chi connectivity index (χ0n) is 11.5. The topological polar surface area (TPSA) is 75.1 Å². The van der Waals surface area contributed by atoms with E-state index in [2.05, 4.69) is 15.3 Å². The first-order valence-corrected chi connectivity index (χ1v) is 7.42. The van der Waals surface area contributed by atoms with Gasteiger partial charge in [-0.3, -0.25) is 4.79 Å². The number of carboxylic acids is 1. The molecule has 0 fully saturated rings. The van der Waals surface area contributed by atoms with Crippen LogP contribution in [0.2, 0.25) is 0 Å². The summed E-state index contributed by atoms with van der Waals surface area (Å²) in [5.74, 6) is 0.397. The van der Waals surface area contributed by atoms with Crippen molar-refractivity contribution in [3.63, 3.8) is 0 Å². The standard InChI is InChI=1S/C14H17N3O2S/c1-9(2)15-13-14(20-8-7-12(18)19)17-11-6-4-3-5-10(11)16-13/h3-6,9H,7-8H2,1-2H3,(H,15,16)(H,18,19). The Kier molecular flexibility index (Phi) is 4.79. The molecule has 2 N–H and O–H groups in total. The van der Waals surface area contributed by atoms with Crippen LogP contribution < -0.4 is 5.32 Å². The molecule has 1 aromatic heterocycles. The molecule has 1 aromatic carbocycles. The van der Waals surface area contributed by atoms with Gasteiger partial charge >= 0.3 is 5.97 Å². The zero-order chi connectivity index (χ0) is 14.5. The van der Waals surface area contributed by atoms with Crippen LogP contribution in [0.25, 0.3) is 11.0 Å². The summed E-state index contributed by atoms with van der Waals surface area (Å²) in [5, 5.41) is 12.7. The number of nitrogens with one attached hydrogen (secondary N) is 1. The molecule has 0 spiro atoms. The number of rotatable bonds is 6. The van der Waals surface area contributed by atoms with Crippen molar-refractivity contribution in [1.82, 2.24) is 9.97 Å². The van der Waals surface area contributed by atoms with Crippen LogP contribution in [0.4, 0.5) is 5.82 Å². The second-order valence-corrected chi connectivity index (χ2v) is 5.74. The normalized spacial score (nSPS) is 10.9. The van der Waals surface area contributed by atoms with Gasteiger partial charge in [0.2, 0.25) is 0 Å². The summed E-state index contributed by atoms with van der Waals surface area (Å²) in [6.07, 6.45) is 0.111. The van der Waals surface area contributed by atoms with E-state index in [1.807, 2.05) is 38.1 Å². The molecule has 0 bridgehead atoms. The number of carboxylic acid groups (broad SMARTS) is 1. The number of nitrogens with zero attached hydrogens (tertiary/aromatic N) is 2. The Morgan fingerprint density at radius 1 is 1.30 bits per heavy atom. The predicted octanol–water partition coefficient (Wildman–Crippen LogP) is 3.02. The Hall–Kier alpha value is -1.82. The van der Waals surface area contributed by atoms with Crippen molar-refractivity contribution in [1.29, 1.82) is 0 Å². The number of aliphatic carboxylic acids is 1. The highest BCUT2D eigenvalue weighted by Crippen LogP contribution is 2.27. The van der Waals surface area contributed by atoms with E-state index >= 15 is 0 Å². The maximum absolute atomic E-state index is 10.6. The largest absolute Gasteiger partial charge is 0.481 e. The van der Waals surface area contributed by atoms with E-state index < -0.39 is 5.97 Å². The van der Waals surface area contributed by atoms with Crippen molar-refractivity contribution >= 4 is 34.6 Å². The first kappa shape index (κ1) is 14.6. The van der Waals surface area contributed by atoms with E-state index in [4.69, 9.17) is 5.11 Å². The van der Waals surface area contributed by atoms with Crippen molar-refractivity contribution in [3.8, 4) is 0 Å². The van der Waals surface area contributed by atoms with Crippen LogP contribution in [-0.2, 0) is 4.79 Å². The summed E-state index contributed by atoms with van der Waals surface area (Å²) in [6.45, 7) is 4.06. The number of thioether (sulfide) groups is 1. The number of anilines is 1. The maximum Gasteiger partial charge on any atom is 0.304 e. The molecule has 1 heterocycles. The SMILES string of the molecule is CC(C)Nc1nc2ccccc2nc1SCCC(=O)O. The highest BCUT2D eigenvalue weighted by Gasteiger charge is 2.11. The molecule has 0 saturated heterocycles. The van der Waals surface area contributed by atoms with Gasteiger partial charge in [-0.1, -0.05) is 12.1 Å². The summed E-state index contributed by atoms with van der Waals surface area (Å²) in [7, 11) is 0. The molecule has 0 atom stereocenters. The van der Waals surface area contributed by atoms with Gasteiger partial charge in [0.25, 0.3) is 0 Å². The number of hydrogen-bond donors (Lipinski definition) is 2. The third-order valence-corrected chi connectivity index (χ3v) is 3.48. The highest BCUT2D eigenvalue weighted by atomic mass is 32.2. The Morgan fingerprint density at radius 3 is 2.55 bits per heavy atom. The molecule has 2 aromatic rings. The molecular weight excluding hydrogens is 274 g/mol. The van der Waals surface area contributed by atoms with Crippen molar-refractivity contribution in [3.05, 3.63) is 24.3 Å². The minimum absolute atomic E-state index is 0.111. The van der Waals surface area contributed by atoms with Crippen molar-refractivity contribution in [2.45, 2.75) is 31.3 Å². The molecule has 0 saturated carbocycles. The summed E-state index contributed by atoms with van der Waals surface area (Å²) < 4.78 is 0. The number of carbonyl (C=O) groups is 1. The van der Waals surface area contributed by atoms with Crippen LogP contribution in [0.15, 0.2) is 29.3 Å². The number of fused-ring (bicyclic) bond motifs is 1. The quantitative estimate of drug-likeness (QED) is 0.797. The zero-order valence-corrected chi connectivity index (χ0v) is 12.3. The van der Waals surface area contributed by atoms with Crippen molar-refractivity contribution in [2.75, 3.05) is 11.1 Å². The third kappa shape index (κ3) is 3.84. The van der Waals surface area contributed by atoms with Crippen LogP contribution in [0, 0.1) is 0 Å². The Bertz CT molecular complexity index is 616. The van der Waals surface area contributed by atoms with Gasteiger partial charge in [0.1, 0.15) is 5.03 Å². The lowest BCUT2D eigenvalue weighted by molar-refractivity contribution is -0.136. The smallest absolute Gasteiger partial charge is 0.304 e. The first-order chi connectivity index (χ1) is 9.56. The molecular formula is C14H17N3O2S. The van der Waals surface area contributed by atoms with Gasteiger partial charge in [-0.15, -0.1) is 11.8 Å². The first-order valence-electron chi connectivity index (χ1n) is 6.44. The molecule has 5 nitrogen and oxygen atoms in total. The van der Waals surface area contributed by atoms with Crippen molar-refractivity contribution in [2.24, 2.45) is 0 Å². The van der Waals surface area contributed by atoms with Gasteiger partial charge in [-0.05, 0) is 26.0 Å². The number of benzene rings is 1. The minimum atomic E-state index is -0.801. The Labute approximate surface area is 121 Å². The highest BCUT2D eigenvalue weighted by molar-refractivity contribution is 7.99. The maximum atomic E-state index is 10.6. The molecule has 6 heteroatoms. The lowest BCUT2D eigenvalue weighted by Gasteiger charge is -2.13. The molecule has 0 amide bonds. The van der Waals surface area contributed by atoms with E-state index in [-0.39, 0.29) is 12.5 Å². The molecule has 0 aliphatic heterocycles. The molecule has 20 heavy (non-hydrogen) atoms. The summed E-state index contributed by atoms with van der Waals surface area (Å²) >= 11 is 1.42. The Morgan fingerprint density at radius 2 is 1.95 bits per heavy atom. The molecule has 0 aliphatic carbocycles. The average Bonchev–Trinajstić information content (AvgIpc) is 2.38. The van der Waals surface area contributed by atoms with E-state index in [1.165, 1.54) is 11.8 Å². The van der Waals surface area contributed by atoms with Gasteiger partial charge in [0, 0.05) is 11.8 Å². The van der Waals surface area contributed by atoms with Crippen LogP contribution in [0.5, 0.6) is 0 Å². The molecule has 2 rings (SSSR count). The fourth-order valence-electron chi connectivity index (χ4n) is 1.69. The number of aromatic nitrogens is 2. The summed E-state index contributed by atoms with van der Waals surface area (Å²) in [6, 6.07) is 7.90. The minimum Gasteiger partial charge on any atom is -0.481 e. The van der Waals surface area contributed by atoms with Gasteiger partial charge < -0.3 is 10.4 Å². The fourth-order valence-corrected chi connectivity index (χ4v) is 2.56. The van der Waals surface area contributed by atoms with E-state index in [0.29, 0.717) is 11.6 Å². The Balaban J connectivity index is 2.30. The lowest BCUT2D eigenvalue weighted by atomic mass is 10.3. The van der Waals surface area contributed by atoms with Gasteiger partial charge in [0.15, 0.2) is 5.82 Å². The van der Waals surface area contributed by atoms with Gasteiger partial charge in [-0.2, -0.15) is 0 Å². The second kappa shape index (κ2) is 6.56. The van der Waals surface area contributed by atoms with Crippen LogP contribution in [0.3, 0.4) is 0 Å². The van der Waals surface area contributed by atoms with E-state index in [1.54, 1.807) is 0 Å². The molecule has 0 aliphatic rings. The van der Waals surface area contributed by atoms with Gasteiger partial charge in [-0.25, -0.2) is 9.97 Å². The summed E-state index contributed by atoms with van der Waals surface area (Å²) in [5.41, 5.74) is 1.65. The third-order valence-electron chi connectivity index (χ3n) is 2.52. The van der Waals surface area contributed by atoms with E-state index in [0.717, 1.165) is 16.1 Å². The van der Waals surface area contributed by atoms with E-state index in [9.17, 15) is 4.79 Å². The summed E-state index contributed by atoms with van der Waals surface area (Å²) in [4.78, 5) is 19.7. The van der Waals surface area contributed by atoms with Crippen LogP contribution in [0.1, 0.15) is 20.3 Å². The molecule has 106 valence electrons. The predicted molar refractivity (Wildman–Crippen MR) is 81.3 cm³/mol. The van der Waals surface area contributed by atoms with Crippen LogP contribution >= 0.6 is 11.8 Å². The fraction of sp³-hybridized carbons (Fsp3) is 0.357. The molecule has 0 unspecified atom stereocenters. The van der Waals surface area contributed by atoms with Gasteiger partial charge in [0.05, 0.1) is 17.5 Å². The number of hydrogen-bond acceptors (Lipinski definition) is 5. The monoisotopic (exact) mass is 291 g/mol.